The Morgan fingerprint density at radius 1 is 0.791 bits per heavy atom. The van der Waals surface area contributed by atoms with Gasteiger partial charge in [-0.1, -0.05) is 96.9 Å². The molecule has 0 aliphatic heterocycles. The zero-order valence-corrected chi connectivity index (χ0v) is 26.0. The molecule has 0 fully saturated rings. The number of nitrogens with one attached hydrogen (secondary N) is 1. The molecule has 1 unspecified atom stereocenters. The Hall–Kier alpha value is -3.85. The van der Waals surface area contributed by atoms with Gasteiger partial charge in [0.1, 0.15) is 12.6 Å². The number of hydrogen-bond acceptors (Lipinski definition) is 4. The summed E-state index contributed by atoms with van der Waals surface area (Å²) < 4.78 is 28.9. The molecule has 0 saturated carbocycles. The molecule has 224 valence electrons. The van der Waals surface area contributed by atoms with E-state index in [4.69, 9.17) is 23.2 Å². The molecule has 4 rings (SSSR count). The van der Waals surface area contributed by atoms with Gasteiger partial charge in [0.05, 0.1) is 10.6 Å². The van der Waals surface area contributed by atoms with Crippen LogP contribution in [0.2, 0.25) is 10.0 Å². The Bertz CT molecular complexity index is 1620. The molecule has 0 saturated heterocycles. The lowest BCUT2D eigenvalue weighted by atomic mass is 10.0. The topological polar surface area (TPSA) is 86.8 Å². The summed E-state index contributed by atoms with van der Waals surface area (Å²) in [5.74, 6) is -0.879. The molecule has 4 aromatic rings. The van der Waals surface area contributed by atoms with Crippen LogP contribution in [-0.2, 0) is 32.6 Å². The number of amides is 2. The molecule has 4 aromatic carbocycles. The fraction of sp³-hybridized carbons (Fsp3) is 0.212. The Morgan fingerprint density at radius 2 is 1.44 bits per heavy atom. The van der Waals surface area contributed by atoms with Crippen LogP contribution in [0.25, 0.3) is 0 Å². The number of halogens is 2. The van der Waals surface area contributed by atoms with Crippen LogP contribution in [0.4, 0.5) is 5.69 Å². The molecule has 1 N–H and O–H groups in total. The molecule has 0 heterocycles. The number of nitrogens with zero attached hydrogens (tertiary/aromatic N) is 2. The molecular weight excluding hydrogens is 605 g/mol. The van der Waals surface area contributed by atoms with E-state index in [0.29, 0.717) is 23.0 Å². The summed E-state index contributed by atoms with van der Waals surface area (Å²) in [6.45, 7) is 1.88. The zero-order valence-electron chi connectivity index (χ0n) is 23.7. The first-order chi connectivity index (χ1) is 20.7. The SMILES string of the molecule is CCCNC(=O)C(Cc1ccccc1)N(Cc1ccc(Cl)cc1)C(=O)CN(c1cccc(Cl)c1)S(=O)(=O)c1ccccc1. The van der Waals surface area contributed by atoms with E-state index in [1.165, 1.54) is 23.1 Å². The molecule has 0 aliphatic carbocycles. The maximum Gasteiger partial charge on any atom is 0.264 e. The lowest BCUT2D eigenvalue weighted by molar-refractivity contribution is -0.140. The van der Waals surface area contributed by atoms with Crippen LogP contribution in [0.5, 0.6) is 0 Å². The number of carbonyl (C=O) groups is 2. The van der Waals surface area contributed by atoms with Crippen LogP contribution >= 0.6 is 23.2 Å². The van der Waals surface area contributed by atoms with Gasteiger partial charge >= 0.3 is 0 Å². The molecular formula is C33H33Cl2N3O4S. The van der Waals surface area contributed by atoms with Gasteiger partial charge in [-0.2, -0.15) is 0 Å². The largest absolute Gasteiger partial charge is 0.354 e. The highest BCUT2D eigenvalue weighted by Gasteiger charge is 2.34. The monoisotopic (exact) mass is 637 g/mol. The Morgan fingerprint density at radius 3 is 2.07 bits per heavy atom. The molecule has 0 aliphatic rings. The summed E-state index contributed by atoms with van der Waals surface area (Å²) in [5.41, 5.74) is 1.82. The van der Waals surface area contributed by atoms with Crippen molar-refractivity contribution in [2.75, 3.05) is 17.4 Å². The standard InChI is InChI=1S/C33H33Cl2N3O4S/c1-2-20-36-33(40)31(21-25-10-5-3-6-11-25)37(23-26-16-18-27(34)19-17-26)32(39)24-38(29-13-9-12-28(35)22-29)43(41,42)30-14-7-4-8-15-30/h3-19,22,31H,2,20-21,23-24H2,1H3,(H,36,40). The van der Waals surface area contributed by atoms with Crippen LogP contribution in [0.1, 0.15) is 24.5 Å². The molecule has 1 atom stereocenters. The van der Waals surface area contributed by atoms with Crippen molar-refractivity contribution in [3.8, 4) is 0 Å². The molecule has 7 nitrogen and oxygen atoms in total. The minimum atomic E-state index is -4.19. The fourth-order valence-corrected chi connectivity index (χ4v) is 6.32. The number of carbonyl (C=O) groups excluding carboxylic acids is 2. The van der Waals surface area contributed by atoms with Crippen molar-refractivity contribution in [1.82, 2.24) is 10.2 Å². The minimum absolute atomic E-state index is 0.0218. The van der Waals surface area contributed by atoms with Gasteiger partial charge in [-0.05, 0) is 60.0 Å². The van der Waals surface area contributed by atoms with Crippen LogP contribution in [0.15, 0.2) is 114 Å². The van der Waals surface area contributed by atoms with Crippen LogP contribution in [0, 0.1) is 0 Å². The second-order valence-corrected chi connectivity index (χ2v) is 12.7. The lowest BCUT2D eigenvalue weighted by Crippen LogP contribution is -2.53. The van der Waals surface area contributed by atoms with E-state index >= 15 is 0 Å². The van der Waals surface area contributed by atoms with Crippen LogP contribution in [0.3, 0.4) is 0 Å². The highest BCUT2D eigenvalue weighted by Crippen LogP contribution is 2.27. The number of benzene rings is 4. The summed E-state index contributed by atoms with van der Waals surface area (Å²) in [6, 6.07) is 29.7. The van der Waals surface area contributed by atoms with Gasteiger partial charge in [0.25, 0.3) is 10.0 Å². The van der Waals surface area contributed by atoms with Crippen molar-refractivity contribution in [3.63, 3.8) is 0 Å². The van der Waals surface area contributed by atoms with E-state index in [0.717, 1.165) is 15.4 Å². The highest BCUT2D eigenvalue weighted by molar-refractivity contribution is 7.92. The van der Waals surface area contributed by atoms with E-state index in [1.807, 2.05) is 37.3 Å². The van der Waals surface area contributed by atoms with Gasteiger partial charge in [-0.25, -0.2) is 8.42 Å². The molecule has 0 aromatic heterocycles. The maximum atomic E-state index is 14.4. The molecule has 0 spiro atoms. The molecule has 0 radical (unpaired) electrons. The van der Waals surface area contributed by atoms with Crippen molar-refractivity contribution in [3.05, 3.63) is 130 Å². The molecule has 2 amide bonds. The number of hydrogen-bond donors (Lipinski definition) is 1. The van der Waals surface area contributed by atoms with Gasteiger partial charge in [-0.3, -0.25) is 13.9 Å². The molecule has 10 heteroatoms. The number of rotatable bonds is 13. The summed E-state index contributed by atoms with van der Waals surface area (Å²) in [7, 11) is -4.19. The lowest BCUT2D eigenvalue weighted by Gasteiger charge is -2.34. The quantitative estimate of drug-likeness (QED) is 0.185. The predicted molar refractivity (Wildman–Crippen MR) is 172 cm³/mol. The Balaban J connectivity index is 1.78. The van der Waals surface area contributed by atoms with E-state index in [2.05, 4.69) is 5.32 Å². The van der Waals surface area contributed by atoms with E-state index < -0.39 is 28.5 Å². The molecule has 43 heavy (non-hydrogen) atoms. The van der Waals surface area contributed by atoms with Crippen molar-refractivity contribution in [2.24, 2.45) is 0 Å². The maximum absolute atomic E-state index is 14.4. The first-order valence-electron chi connectivity index (χ1n) is 13.9. The molecule has 0 bridgehead atoms. The normalized spacial score (nSPS) is 11.9. The third-order valence-corrected chi connectivity index (χ3v) is 9.07. The van der Waals surface area contributed by atoms with Gasteiger partial charge in [0.15, 0.2) is 0 Å². The average Bonchev–Trinajstić information content (AvgIpc) is 3.02. The van der Waals surface area contributed by atoms with Crippen molar-refractivity contribution < 1.29 is 18.0 Å². The smallest absolute Gasteiger partial charge is 0.264 e. The summed E-state index contributed by atoms with van der Waals surface area (Å²) in [4.78, 5) is 29.5. The first-order valence-corrected chi connectivity index (χ1v) is 16.1. The average molecular weight is 639 g/mol. The van der Waals surface area contributed by atoms with E-state index in [9.17, 15) is 18.0 Å². The van der Waals surface area contributed by atoms with Gasteiger partial charge in [0.2, 0.25) is 11.8 Å². The highest BCUT2D eigenvalue weighted by atomic mass is 35.5. The van der Waals surface area contributed by atoms with Crippen molar-refractivity contribution in [1.29, 1.82) is 0 Å². The predicted octanol–water partition coefficient (Wildman–Crippen LogP) is 6.36. The first kappa shape index (κ1) is 32.1. The van der Waals surface area contributed by atoms with E-state index in [1.54, 1.807) is 60.7 Å². The summed E-state index contributed by atoms with van der Waals surface area (Å²) in [6.07, 6.45) is 0.950. The van der Waals surface area contributed by atoms with Crippen LogP contribution < -0.4 is 9.62 Å². The zero-order chi connectivity index (χ0) is 30.8. The van der Waals surface area contributed by atoms with E-state index in [-0.39, 0.29) is 29.5 Å². The fourth-order valence-electron chi connectivity index (χ4n) is 4.59. The van der Waals surface area contributed by atoms with Gasteiger partial charge in [0, 0.05) is 29.6 Å². The summed E-state index contributed by atoms with van der Waals surface area (Å²) in [5, 5.41) is 3.78. The third kappa shape index (κ3) is 8.60. The second-order valence-electron chi connectivity index (χ2n) is 9.95. The van der Waals surface area contributed by atoms with Crippen molar-refractivity contribution >= 4 is 50.7 Å². The second kappa shape index (κ2) is 15.0. The summed E-state index contributed by atoms with van der Waals surface area (Å²) >= 11 is 12.4. The van der Waals surface area contributed by atoms with Gasteiger partial charge in [-0.15, -0.1) is 0 Å². The third-order valence-electron chi connectivity index (χ3n) is 6.79. The van der Waals surface area contributed by atoms with Crippen molar-refractivity contribution in [2.45, 2.75) is 37.2 Å². The Labute approximate surface area is 263 Å². The number of sulfonamides is 1. The minimum Gasteiger partial charge on any atom is -0.354 e. The number of anilines is 1. The van der Waals surface area contributed by atoms with Gasteiger partial charge < -0.3 is 10.2 Å². The Kier molecular flexibility index (Phi) is 11.2. The van der Waals surface area contributed by atoms with Crippen LogP contribution in [-0.4, -0.2) is 44.3 Å².